The average Bonchev–Trinajstić information content (AvgIpc) is 3.35. The minimum atomic E-state index is -4.53. The summed E-state index contributed by atoms with van der Waals surface area (Å²) in [6.07, 6.45) is -2.11. The first-order chi connectivity index (χ1) is 14.0. The molecule has 2 aromatic rings. The molecule has 0 aliphatic carbocycles. The van der Waals surface area contributed by atoms with Crippen molar-refractivity contribution < 1.29 is 22.7 Å². The van der Waals surface area contributed by atoms with Crippen molar-refractivity contribution in [3.05, 3.63) is 29.2 Å². The Morgan fingerprint density at radius 3 is 2.40 bits per heavy atom. The lowest BCUT2D eigenvalue weighted by Crippen LogP contribution is -2.43. The van der Waals surface area contributed by atoms with E-state index < -0.39 is 11.9 Å². The van der Waals surface area contributed by atoms with Crippen molar-refractivity contribution in [3.63, 3.8) is 0 Å². The zero-order valence-corrected chi connectivity index (χ0v) is 17.5. The molecule has 2 saturated heterocycles. The van der Waals surface area contributed by atoms with Crippen LogP contribution >= 0.6 is 0 Å². The van der Waals surface area contributed by atoms with Gasteiger partial charge in [0.25, 0.3) is 5.91 Å². The van der Waals surface area contributed by atoms with E-state index in [1.54, 1.807) is 11.0 Å². The number of ether oxygens (including phenoxy) is 1. The Balaban J connectivity index is 1.59. The normalized spacial score (nSPS) is 21.5. The van der Waals surface area contributed by atoms with Crippen LogP contribution in [0.5, 0.6) is 0 Å². The number of carbonyl (C=O) groups excluding carboxylic acids is 1. The molecule has 4 rings (SSSR count). The minimum absolute atomic E-state index is 0.00375. The maximum absolute atomic E-state index is 13.8. The van der Waals surface area contributed by atoms with E-state index in [1.165, 1.54) is 0 Å². The molecule has 1 atom stereocenters. The highest BCUT2D eigenvalue weighted by Crippen LogP contribution is 2.35. The van der Waals surface area contributed by atoms with Gasteiger partial charge < -0.3 is 9.64 Å². The van der Waals surface area contributed by atoms with Crippen LogP contribution in [-0.2, 0) is 21.1 Å². The fraction of sp³-hybridized carbons (Fsp3) is 0.667. The van der Waals surface area contributed by atoms with Crippen molar-refractivity contribution in [1.29, 1.82) is 0 Å². The molecule has 0 spiro atoms. The number of aromatic nitrogens is 3. The van der Waals surface area contributed by atoms with Gasteiger partial charge in [-0.2, -0.15) is 18.3 Å². The van der Waals surface area contributed by atoms with Crippen LogP contribution in [0.15, 0.2) is 12.1 Å². The Hall–Kier alpha value is -2.16. The molecule has 6 nitrogen and oxygen atoms in total. The van der Waals surface area contributed by atoms with Crippen molar-refractivity contribution in [2.75, 3.05) is 19.7 Å². The van der Waals surface area contributed by atoms with E-state index in [0.717, 1.165) is 23.4 Å². The highest BCUT2D eigenvalue weighted by Gasteiger charge is 2.37. The van der Waals surface area contributed by atoms with Gasteiger partial charge in [-0.15, -0.1) is 0 Å². The molecule has 164 valence electrons. The highest BCUT2D eigenvalue weighted by molar-refractivity contribution is 5.81. The molecule has 9 heteroatoms. The molecule has 0 aromatic carbocycles. The third-order valence-electron chi connectivity index (χ3n) is 5.94. The Bertz CT molecular complexity index is 934. The van der Waals surface area contributed by atoms with Crippen LogP contribution in [-0.4, -0.2) is 51.2 Å². The number of alkyl halides is 3. The first kappa shape index (κ1) is 21.1. The lowest BCUT2D eigenvalue weighted by Gasteiger charge is -2.33. The van der Waals surface area contributed by atoms with E-state index in [9.17, 15) is 18.0 Å². The molecule has 2 aliphatic heterocycles. The minimum Gasteiger partial charge on any atom is -0.368 e. The second kappa shape index (κ2) is 7.51. The fourth-order valence-electron chi connectivity index (χ4n) is 4.14. The Labute approximate surface area is 173 Å². The quantitative estimate of drug-likeness (QED) is 0.733. The predicted octanol–water partition coefficient (Wildman–Crippen LogP) is 3.93. The number of piperidine rings is 1. The van der Waals surface area contributed by atoms with Gasteiger partial charge >= 0.3 is 6.18 Å². The van der Waals surface area contributed by atoms with Gasteiger partial charge in [0.15, 0.2) is 5.65 Å². The van der Waals surface area contributed by atoms with Gasteiger partial charge in [-0.3, -0.25) is 4.79 Å². The third kappa shape index (κ3) is 4.04. The molecular formula is C21H27F3N4O2. The summed E-state index contributed by atoms with van der Waals surface area (Å²) in [5, 5.41) is 4.18. The Kier molecular flexibility index (Phi) is 5.28. The molecule has 30 heavy (non-hydrogen) atoms. The van der Waals surface area contributed by atoms with Crippen LogP contribution in [0.1, 0.15) is 69.5 Å². The monoisotopic (exact) mass is 424 g/mol. The largest absolute Gasteiger partial charge is 0.433 e. The van der Waals surface area contributed by atoms with Crippen LogP contribution in [0.25, 0.3) is 5.65 Å². The van der Waals surface area contributed by atoms with E-state index in [-0.39, 0.29) is 29.0 Å². The topological polar surface area (TPSA) is 59.7 Å². The number of halogens is 3. The number of rotatable bonds is 2. The standard InChI is InChI=1S/C21H27F3N4O2/c1-20(2,3)16-12-18-25-14(11-17(21(22,23)24)28(18)26-16)13-6-8-27(9-7-13)19(29)15-5-4-10-30-15/h11-13,15H,4-10H2,1-3H3. The number of amides is 1. The lowest BCUT2D eigenvalue weighted by atomic mass is 9.92. The molecule has 2 aromatic heterocycles. The number of carbonyl (C=O) groups is 1. The number of hydrogen-bond acceptors (Lipinski definition) is 4. The van der Waals surface area contributed by atoms with Crippen LogP contribution in [0.2, 0.25) is 0 Å². The molecule has 4 heterocycles. The van der Waals surface area contributed by atoms with E-state index >= 15 is 0 Å². The molecular weight excluding hydrogens is 397 g/mol. The molecule has 1 amide bonds. The van der Waals surface area contributed by atoms with E-state index in [1.807, 2.05) is 20.8 Å². The van der Waals surface area contributed by atoms with Crippen LogP contribution in [0.3, 0.4) is 0 Å². The first-order valence-corrected chi connectivity index (χ1v) is 10.4. The summed E-state index contributed by atoms with van der Waals surface area (Å²) in [6, 6.07) is 2.75. The van der Waals surface area contributed by atoms with E-state index in [0.29, 0.717) is 43.9 Å². The summed E-state index contributed by atoms with van der Waals surface area (Å²) < 4.78 is 47.6. The van der Waals surface area contributed by atoms with Crippen LogP contribution in [0.4, 0.5) is 13.2 Å². The smallest absolute Gasteiger partial charge is 0.368 e. The molecule has 2 fully saturated rings. The second-order valence-electron chi connectivity index (χ2n) is 9.21. The van der Waals surface area contributed by atoms with Crippen molar-refractivity contribution in [1.82, 2.24) is 19.5 Å². The number of nitrogens with zero attached hydrogens (tertiary/aromatic N) is 4. The maximum Gasteiger partial charge on any atom is 0.433 e. The maximum atomic E-state index is 13.8. The SMILES string of the molecule is CC(C)(C)c1cc2nc(C3CCN(C(=O)C4CCCO4)CC3)cc(C(F)(F)F)n2n1. The van der Waals surface area contributed by atoms with Gasteiger partial charge in [0.1, 0.15) is 11.8 Å². The average molecular weight is 424 g/mol. The number of hydrogen-bond donors (Lipinski definition) is 0. The van der Waals surface area contributed by atoms with E-state index in [4.69, 9.17) is 4.74 Å². The highest BCUT2D eigenvalue weighted by atomic mass is 19.4. The molecule has 0 N–H and O–H groups in total. The zero-order valence-electron chi connectivity index (χ0n) is 17.5. The Morgan fingerprint density at radius 2 is 1.83 bits per heavy atom. The predicted molar refractivity (Wildman–Crippen MR) is 104 cm³/mol. The van der Waals surface area contributed by atoms with Gasteiger partial charge in [0.05, 0.1) is 5.69 Å². The second-order valence-corrected chi connectivity index (χ2v) is 9.21. The summed E-state index contributed by atoms with van der Waals surface area (Å²) in [5.74, 6) is -0.131. The van der Waals surface area contributed by atoms with Gasteiger partial charge in [0.2, 0.25) is 0 Å². The Morgan fingerprint density at radius 1 is 1.13 bits per heavy atom. The van der Waals surface area contributed by atoms with Crippen LogP contribution in [0, 0.1) is 0 Å². The molecule has 0 saturated carbocycles. The molecule has 0 bridgehead atoms. The summed E-state index contributed by atoms with van der Waals surface area (Å²) in [6.45, 7) is 7.34. The van der Waals surface area contributed by atoms with Gasteiger partial charge in [0, 0.05) is 42.8 Å². The summed E-state index contributed by atoms with van der Waals surface area (Å²) in [4.78, 5) is 18.8. The third-order valence-corrected chi connectivity index (χ3v) is 5.94. The number of likely N-dealkylation sites (tertiary alicyclic amines) is 1. The van der Waals surface area contributed by atoms with Crippen molar-refractivity contribution in [2.24, 2.45) is 0 Å². The van der Waals surface area contributed by atoms with Crippen molar-refractivity contribution >= 4 is 11.6 Å². The van der Waals surface area contributed by atoms with Gasteiger partial charge in [-0.1, -0.05) is 20.8 Å². The zero-order chi connectivity index (χ0) is 21.7. The van der Waals surface area contributed by atoms with Gasteiger partial charge in [-0.05, 0) is 31.7 Å². The van der Waals surface area contributed by atoms with Crippen molar-refractivity contribution in [3.8, 4) is 0 Å². The summed E-state index contributed by atoms with van der Waals surface area (Å²) in [7, 11) is 0. The van der Waals surface area contributed by atoms with Crippen LogP contribution < -0.4 is 0 Å². The lowest BCUT2D eigenvalue weighted by molar-refractivity contribution is -0.142. The summed E-state index contributed by atoms with van der Waals surface area (Å²) >= 11 is 0. The fourth-order valence-corrected chi connectivity index (χ4v) is 4.14. The molecule has 1 unspecified atom stereocenters. The molecule has 2 aliphatic rings. The van der Waals surface area contributed by atoms with Crippen molar-refractivity contribution in [2.45, 2.75) is 70.1 Å². The molecule has 0 radical (unpaired) electrons. The van der Waals surface area contributed by atoms with E-state index in [2.05, 4.69) is 10.1 Å². The summed E-state index contributed by atoms with van der Waals surface area (Å²) in [5.41, 5.74) is -0.00224. The number of fused-ring (bicyclic) bond motifs is 1. The van der Waals surface area contributed by atoms with Gasteiger partial charge in [-0.25, -0.2) is 9.50 Å². The first-order valence-electron chi connectivity index (χ1n) is 10.4.